The van der Waals surface area contributed by atoms with Crippen molar-refractivity contribution >= 4 is 0 Å². The van der Waals surface area contributed by atoms with Crippen molar-refractivity contribution < 1.29 is 186 Å². The molecule has 0 radical (unpaired) electrons. The van der Waals surface area contributed by atoms with Crippen LogP contribution in [-0.4, -0.2) is 87.4 Å². The van der Waals surface area contributed by atoms with E-state index in [1.807, 2.05) is 0 Å². The third kappa shape index (κ3) is 28.2. The predicted octanol–water partition coefficient (Wildman–Crippen LogP) is 17.3. The van der Waals surface area contributed by atoms with Crippen molar-refractivity contribution in [3.8, 4) is 36.1 Å². The van der Waals surface area contributed by atoms with E-state index in [4.69, 9.17) is 0 Å². The number of hydrogen-bond donors (Lipinski definition) is 0. The minimum Gasteiger partial charge on any atom is -0.379 e. The molecule has 0 aliphatic carbocycles. The first-order valence-electron chi connectivity index (χ1n) is 16.5. The molecule has 1 atom stereocenters. The van der Waals surface area contributed by atoms with Crippen LogP contribution >= 0.6 is 0 Å². The van der Waals surface area contributed by atoms with Crippen LogP contribution in [0.3, 0.4) is 0 Å². The van der Waals surface area contributed by atoms with E-state index in [1.165, 1.54) is 0 Å². The van der Waals surface area contributed by atoms with Crippen molar-refractivity contribution in [2.75, 3.05) is 21.0 Å². The van der Waals surface area contributed by atoms with Crippen molar-refractivity contribution in [1.29, 1.82) is 0 Å². The van der Waals surface area contributed by atoms with Gasteiger partial charge < -0.3 is 14.2 Å². The lowest BCUT2D eigenvalue weighted by molar-refractivity contribution is -0.439. The standard InChI is InChI=1S/C9H5F9O.C8H5F11O.2C7H2F8O.2CH3F/c1-2-7(13,14)8(15,16)9(17,18)19-4-3-5(10)6(11)12;1-2-5(12,7(15,16)17)8(18,19)20-6(13,14)3(9)4(10)11;8-3-6(12,13)7(14,15)16-2-1-4(9)5(10)11;8-4(5(9)10)1-2-16-7(14,15)3-6(11,12)13;2*1-2/h2H2,1H3;2H2,1H3;2*3H2;2*1H3. The van der Waals surface area contributed by atoms with E-state index in [2.05, 4.69) is 18.9 Å². The van der Waals surface area contributed by atoms with Crippen molar-refractivity contribution in [3.05, 3.63) is 47.6 Å². The smallest absolute Gasteiger partial charge is 0.379 e. The highest BCUT2D eigenvalue weighted by atomic mass is 19.4. The number of alkyl halides is 26. The van der Waals surface area contributed by atoms with Crippen LogP contribution in [0, 0.1) is 36.1 Å². The molecule has 0 bridgehead atoms. The summed E-state index contributed by atoms with van der Waals surface area (Å²) in [6, 6.07) is 0. The Bertz CT molecular complexity index is 2030. The molecule has 42 heteroatoms. The molecule has 0 amide bonds. The second-order valence-electron chi connectivity index (χ2n) is 11.0. The van der Waals surface area contributed by atoms with E-state index in [0.717, 1.165) is 5.92 Å². The van der Waals surface area contributed by atoms with Crippen LogP contribution in [0.1, 0.15) is 33.1 Å². The van der Waals surface area contributed by atoms with Crippen LogP contribution in [0.4, 0.5) is 167 Å². The number of halogens is 38. The van der Waals surface area contributed by atoms with Crippen LogP contribution < -0.4 is 0 Å². The fraction of sp³-hybridized carbons (Fsp3) is 0.576. The van der Waals surface area contributed by atoms with Gasteiger partial charge in [0, 0.05) is 24.2 Å². The summed E-state index contributed by atoms with van der Waals surface area (Å²) in [5.74, 6) is -25.3. The second-order valence-corrected chi connectivity index (χ2v) is 11.0. The number of allylic oxidation sites excluding steroid dienone is 3. The molecule has 4 nitrogen and oxygen atoms in total. The zero-order valence-electron chi connectivity index (χ0n) is 35.3. The van der Waals surface area contributed by atoms with Gasteiger partial charge >= 0.3 is 85.0 Å². The van der Waals surface area contributed by atoms with Crippen molar-refractivity contribution in [2.24, 2.45) is 0 Å². The van der Waals surface area contributed by atoms with E-state index in [9.17, 15) is 167 Å². The van der Waals surface area contributed by atoms with Crippen molar-refractivity contribution in [1.82, 2.24) is 0 Å². The van der Waals surface area contributed by atoms with Gasteiger partial charge in [0.2, 0.25) is 17.5 Å². The molecule has 0 spiro atoms. The molecule has 0 fully saturated rings. The molecule has 0 N–H and O–H groups in total. The third-order valence-electron chi connectivity index (χ3n) is 5.88. The molecule has 1 unspecified atom stereocenters. The monoisotopic (exact) mass is 1200 g/mol. The third-order valence-corrected chi connectivity index (χ3v) is 5.88. The summed E-state index contributed by atoms with van der Waals surface area (Å²) in [5, 5.41) is 0. The van der Waals surface area contributed by atoms with Gasteiger partial charge in [-0.15, -0.1) is 0 Å². The Labute approximate surface area is 390 Å². The minimum atomic E-state index is -6.37. The molecule has 0 saturated heterocycles. The molecular weight excluding hydrogens is 1180 g/mol. The van der Waals surface area contributed by atoms with Gasteiger partial charge in [-0.25, -0.2) is 13.5 Å². The van der Waals surface area contributed by atoms with Gasteiger partial charge in [-0.2, -0.15) is 149 Å². The Balaban J connectivity index is -0.000000207. The Morgan fingerprint density at radius 2 is 0.720 bits per heavy atom. The molecular formula is C33H20F38O4. The molecule has 0 aromatic carbocycles. The Kier molecular flexibility index (Phi) is 34.5. The molecule has 0 rings (SSSR count). The van der Waals surface area contributed by atoms with Gasteiger partial charge in [-0.1, -0.05) is 13.8 Å². The van der Waals surface area contributed by atoms with Gasteiger partial charge in [-0.3, -0.25) is 8.78 Å². The summed E-state index contributed by atoms with van der Waals surface area (Å²) in [6.07, 6.45) is -57.1. The van der Waals surface area contributed by atoms with Gasteiger partial charge in [0.25, 0.3) is 11.5 Å². The first-order valence-corrected chi connectivity index (χ1v) is 16.5. The lowest BCUT2D eigenvalue weighted by Crippen LogP contribution is -2.58. The molecule has 442 valence electrons. The number of hydrogen-bond acceptors (Lipinski definition) is 4. The van der Waals surface area contributed by atoms with E-state index in [1.54, 1.807) is 0 Å². The van der Waals surface area contributed by atoms with E-state index in [-0.39, 0.29) is 6.92 Å². The van der Waals surface area contributed by atoms with Gasteiger partial charge in [0.1, 0.15) is 24.7 Å². The summed E-state index contributed by atoms with van der Waals surface area (Å²) in [6.45, 7) is -2.03. The maximum atomic E-state index is 13.1. The SMILES string of the molecule is CCC(F)(C(F)(F)F)C(F)(F)OC(F)(F)C(F)=C(F)F.CCC(F)(F)C(F)(F)C(F)(F)OC#CC(F)=C(F)F.CF.CF.FC(F)=C(F)C#COC(F)(F)CC(F)(F)F.FCC(F)(F)C(F)(F)OC#CC(F)=C(F)F. The molecule has 75 heavy (non-hydrogen) atoms. The fourth-order valence-electron chi connectivity index (χ4n) is 2.44. The normalized spacial score (nSPS) is 12.7. The van der Waals surface area contributed by atoms with Crippen LogP contribution in [0.2, 0.25) is 0 Å². The topological polar surface area (TPSA) is 36.9 Å². The predicted molar refractivity (Wildman–Crippen MR) is 170 cm³/mol. The average Bonchev–Trinajstić information content (AvgIpc) is 3.25. The zero-order valence-corrected chi connectivity index (χ0v) is 35.3. The lowest BCUT2D eigenvalue weighted by Gasteiger charge is -2.34. The molecule has 0 aromatic rings. The Morgan fingerprint density at radius 3 is 0.973 bits per heavy atom. The Morgan fingerprint density at radius 1 is 0.400 bits per heavy atom. The fourth-order valence-corrected chi connectivity index (χ4v) is 2.44. The summed E-state index contributed by atoms with van der Waals surface area (Å²) in [5.41, 5.74) is -5.61. The average molecular weight is 1200 g/mol. The van der Waals surface area contributed by atoms with Crippen LogP contribution in [-0.2, 0) is 18.9 Å². The highest BCUT2D eigenvalue weighted by molar-refractivity contribution is 5.22. The first-order chi connectivity index (χ1) is 33.2. The summed E-state index contributed by atoms with van der Waals surface area (Å²) in [7, 11) is 1.00. The number of rotatable bonds is 14. The largest absolute Gasteiger partial charge is 0.478 e. The summed E-state index contributed by atoms with van der Waals surface area (Å²) < 4.78 is 463. The number of ether oxygens (including phenoxy) is 4. The maximum absolute atomic E-state index is 13.1. The van der Waals surface area contributed by atoms with Gasteiger partial charge in [0.15, 0.2) is 6.67 Å². The molecule has 0 aliphatic rings. The van der Waals surface area contributed by atoms with Crippen LogP contribution in [0.15, 0.2) is 47.6 Å². The van der Waals surface area contributed by atoms with Crippen molar-refractivity contribution in [3.63, 3.8) is 0 Å². The second kappa shape index (κ2) is 32.0. The molecule has 0 heterocycles. The lowest BCUT2D eigenvalue weighted by atomic mass is 10.0. The maximum Gasteiger partial charge on any atom is 0.478 e. The van der Waals surface area contributed by atoms with Crippen molar-refractivity contribution in [2.45, 2.75) is 99.4 Å². The Hall–Kier alpha value is -5.66. The summed E-state index contributed by atoms with van der Waals surface area (Å²) in [4.78, 5) is 0. The minimum absolute atomic E-state index is 0.213. The molecule has 0 aliphatic heterocycles. The van der Waals surface area contributed by atoms with E-state index < -0.39 is 140 Å². The quantitative estimate of drug-likeness (QED) is 0.128. The van der Waals surface area contributed by atoms with E-state index >= 15 is 0 Å². The highest BCUT2D eigenvalue weighted by Gasteiger charge is 2.74. The summed E-state index contributed by atoms with van der Waals surface area (Å²) >= 11 is 0. The van der Waals surface area contributed by atoms with Crippen LogP contribution in [0.5, 0.6) is 0 Å². The van der Waals surface area contributed by atoms with Crippen LogP contribution in [0.25, 0.3) is 0 Å². The van der Waals surface area contributed by atoms with Gasteiger partial charge in [0.05, 0.1) is 14.4 Å². The van der Waals surface area contributed by atoms with E-state index in [0.29, 0.717) is 51.4 Å². The molecule has 0 saturated carbocycles. The first kappa shape index (κ1) is 80.7. The van der Waals surface area contributed by atoms with Gasteiger partial charge in [-0.05, 0) is 6.42 Å². The highest BCUT2D eigenvalue weighted by Crippen LogP contribution is 2.51. The zero-order chi connectivity index (χ0) is 62.0. The molecule has 0 aromatic heterocycles.